The van der Waals surface area contributed by atoms with Crippen LogP contribution in [-0.2, 0) is 17.8 Å². The van der Waals surface area contributed by atoms with E-state index >= 15 is 0 Å². The molecule has 0 aliphatic heterocycles. The maximum absolute atomic E-state index is 11.7. The van der Waals surface area contributed by atoms with Crippen LogP contribution < -0.4 is 5.32 Å². The Bertz CT molecular complexity index is 507. The molecule has 0 bridgehead atoms. The van der Waals surface area contributed by atoms with Crippen molar-refractivity contribution in [3.63, 3.8) is 0 Å². The number of aryl methyl sites for hydroxylation is 1. The van der Waals surface area contributed by atoms with Crippen molar-refractivity contribution in [2.45, 2.75) is 25.8 Å². The van der Waals surface area contributed by atoms with Crippen molar-refractivity contribution in [3.05, 3.63) is 56.7 Å². The number of amides is 1. The SMILES string of the molecule is O=C(CCCc1cccs1)NCc1ccc(Br)cc1. The predicted octanol–water partition coefficient (Wildman–Crippen LogP) is 4.15. The first-order valence-corrected chi connectivity index (χ1v) is 7.95. The largest absolute Gasteiger partial charge is 0.352 e. The van der Waals surface area contributed by atoms with Gasteiger partial charge in [0.2, 0.25) is 5.91 Å². The lowest BCUT2D eigenvalue weighted by Crippen LogP contribution is -2.22. The van der Waals surface area contributed by atoms with Gasteiger partial charge in [-0.2, -0.15) is 0 Å². The van der Waals surface area contributed by atoms with Crippen LogP contribution in [0.15, 0.2) is 46.3 Å². The quantitative estimate of drug-likeness (QED) is 0.842. The average molecular weight is 338 g/mol. The lowest BCUT2D eigenvalue weighted by Gasteiger charge is -2.05. The smallest absolute Gasteiger partial charge is 0.220 e. The summed E-state index contributed by atoms with van der Waals surface area (Å²) in [6.07, 6.45) is 2.49. The lowest BCUT2D eigenvalue weighted by molar-refractivity contribution is -0.121. The molecule has 19 heavy (non-hydrogen) atoms. The van der Waals surface area contributed by atoms with E-state index in [1.165, 1.54) is 4.88 Å². The molecular formula is C15H16BrNOS. The third-order valence-corrected chi connectivity index (χ3v) is 4.27. The highest BCUT2D eigenvalue weighted by molar-refractivity contribution is 9.10. The summed E-state index contributed by atoms with van der Waals surface area (Å²) < 4.78 is 1.05. The summed E-state index contributed by atoms with van der Waals surface area (Å²) in [7, 11) is 0. The molecule has 0 atom stereocenters. The van der Waals surface area contributed by atoms with Crippen LogP contribution in [0.1, 0.15) is 23.3 Å². The molecule has 1 aromatic heterocycles. The van der Waals surface area contributed by atoms with Crippen molar-refractivity contribution in [2.24, 2.45) is 0 Å². The van der Waals surface area contributed by atoms with Gasteiger partial charge in [0.25, 0.3) is 0 Å². The summed E-state index contributed by atoms with van der Waals surface area (Å²) in [5, 5.41) is 5.02. The molecule has 4 heteroatoms. The predicted molar refractivity (Wildman–Crippen MR) is 83.2 cm³/mol. The van der Waals surface area contributed by atoms with E-state index in [0.29, 0.717) is 13.0 Å². The number of thiophene rings is 1. The van der Waals surface area contributed by atoms with Crippen molar-refractivity contribution >= 4 is 33.2 Å². The molecule has 0 saturated heterocycles. The average Bonchev–Trinajstić information content (AvgIpc) is 2.91. The van der Waals surface area contributed by atoms with Gasteiger partial charge < -0.3 is 5.32 Å². The van der Waals surface area contributed by atoms with Gasteiger partial charge >= 0.3 is 0 Å². The van der Waals surface area contributed by atoms with Crippen LogP contribution in [0.4, 0.5) is 0 Å². The molecule has 100 valence electrons. The molecule has 0 radical (unpaired) electrons. The first-order chi connectivity index (χ1) is 9.24. The lowest BCUT2D eigenvalue weighted by atomic mass is 10.2. The van der Waals surface area contributed by atoms with Crippen LogP contribution in [0.5, 0.6) is 0 Å². The van der Waals surface area contributed by atoms with Crippen molar-refractivity contribution in [3.8, 4) is 0 Å². The molecule has 1 amide bonds. The summed E-state index contributed by atoms with van der Waals surface area (Å²) >= 11 is 5.14. The summed E-state index contributed by atoms with van der Waals surface area (Å²) in [6, 6.07) is 12.2. The fourth-order valence-electron chi connectivity index (χ4n) is 1.77. The molecule has 0 aliphatic carbocycles. The number of hydrogen-bond acceptors (Lipinski definition) is 2. The second-order valence-corrected chi connectivity index (χ2v) is 6.28. The van der Waals surface area contributed by atoms with Gasteiger partial charge in [0.1, 0.15) is 0 Å². The molecule has 2 aromatic rings. The van der Waals surface area contributed by atoms with E-state index in [0.717, 1.165) is 22.9 Å². The standard InChI is InChI=1S/C15H16BrNOS/c16-13-8-6-12(7-9-13)11-17-15(18)5-1-3-14-4-2-10-19-14/h2,4,6-10H,1,3,5,11H2,(H,17,18). The van der Waals surface area contributed by atoms with Crippen LogP contribution in [0.3, 0.4) is 0 Å². The van der Waals surface area contributed by atoms with E-state index in [-0.39, 0.29) is 5.91 Å². The summed E-state index contributed by atoms with van der Waals surface area (Å²) in [5.41, 5.74) is 1.12. The zero-order chi connectivity index (χ0) is 13.5. The molecule has 1 aromatic carbocycles. The Morgan fingerprint density at radius 2 is 2.00 bits per heavy atom. The molecule has 2 rings (SSSR count). The Morgan fingerprint density at radius 3 is 2.68 bits per heavy atom. The monoisotopic (exact) mass is 337 g/mol. The Hall–Kier alpha value is -1.13. The van der Waals surface area contributed by atoms with E-state index < -0.39 is 0 Å². The van der Waals surface area contributed by atoms with Crippen molar-refractivity contribution in [1.82, 2.24) is 5.32 Å². The van der Waals surface area contributed by atoms with Gasteiger partial charge in [-0.15, -0.1) is 11.3 Å². The highest BCUT2D eigenvalue weighted by Gasteiger charge is 2.02. The molecule has 0 aliphatic rings. The van der Waals surface area contributed by atoms with Crippen LogP contribution in [0.25, 0.3) is 0 Å². The summed E-state index contributed by atoms with van der Waals surface area (Å²) in [5.74, 6) is 0.125. The maximum Gasteiger partial charge on any atom is 0.220 e. The van der Waals surface area contributed by atoms with Crippen LogP contribution in [-0.4, -0.2) is 5.91 Å². The Labute approximate surface area is 126 Å². The first kappa shape index (κ1) is 14.3. The highest BCUT2D eigenvalue weighted by atomic mass is 79.9. The normalized spacial score (nSPS) is 10.4. The van der Waals surface area contributed by atoms with Crippen molar-refractivity contribution in [2.75, 3.05) is 0 Å². The Kier molecular flexibility index (Phi) is 5.61. The number of carbonyl (C=O) groups is 1. The number of carbonyl (C=O) groups excluding carboxylic acids is 1. The fraction of sp³-hybridized carbons (Fsp3) is 0.267. The Balaban J connectivity index is 1.65. The third-order valence-electron chi connectivity index (χ3n) is 2.81. The van der Waals surface area contributed by atoms with Crippen molar-refractivity contribution in [1.29, 1.82) is 0 Å². The summed E-state index contributed by atoms with van der Waals surface area (Å²) in [4.78, 5) is 13.0. The highest BCUT2D eigenvalue weighted by Crippen LogP contribution is 2.12. The van der Waals surface area contributed by atoms with Crippen LogP contribution in [0.2, 0.25) is 0 Å². The minimum Gasteiger partial charge on any atom is -0.352 e. The molecular weight excluding hydrogens is 322 g/mol. The van der Waals surface area contributed by atoms with E-state index in [1.807, 2.05) is 30.3 Å². The van der Waals surface area contributed by atoms with Gasteiger partial charge in [-0.05, 0) is 42.0 Å². The zero-order valence-corrected chi connectivity index (χ0v) is 13.0. The number of halogens is 1. The summed E-state index contributed by atoms with van der Waals surface area (Å²) in [6.45, 7) is 0.602. The molecule has 1 N–H and O–H groups in total. The molecule has 0 spiro atoms. The molecule has 0 fully saturated rings. The van der Waals surface area contributed by atoms with Gasteiger partial charge in [-0.1, -0.05) is 34.1 Å². The zero-order valence-electron chi connectivity index (χ0n) is 10.6. The first-order valence-electron chi connectivity index (χ1n) is 6.27. The molecule has 0 unspecified atom stereocenters. The third kappa shape index (κ3) is 5.17. The number of nitrogens with one attached hydrogen (secondary N) is 1. The van der Waals surface area contributed by atoms with Gasteiger partial charge in [-0.3, -0.25) is 4.79 Å². The number of rotatable bonds is 6. The van der Waals surface area contributed by atoms with Gasteiger partial charge in [-0.25, -0.2) is 0 Å². The second kappa shape index (κ2) is 7.46. The molecule has 0 saturated carbocycles. The van der Waals surface area contributed by atoms with E-state index in [1.54, 1.807) is 11.3 Å². The minimum absolute atomic E-state index is 0.125. The maximum atomic E-state index is 11.7. The Morgan fingerprint density at radius 1 is 1.21 bits per heavy atom. The topological polar surface area (TPSA) is 29.1 Å². The van der Waals surface area contributed by atoms with Crippen molar-refractivity contribution < 1.29 is 4.79 Å². The van der Waals surface area contributed by atoms with Gasteiger partial charge in [0.05, 0.1) is 0 Å². The molecule has 1 heterocycles. The van der Waals surface area contributed by atoms with E-state index in [9.17, 15) is 4.79 Å². The minimum atomic E-state index is 0.125. The van der Waals surface area contributed by atoms with E-state index in [2.05, 4.69) is 32.7 Å². The van der Waals surface area contributed by atoms with Gasteiger partial charge in [0.15, 0.2) is 0 Å². The van der Waals surface area contributed by atoms with E-state index in [4.69, 9.17) is 0 Å². The second-order valence-electron chi connectivity index (χ2n) is 4.34. The van der Waals surface area contributed by atoms with Gasteiger partial charge in [0, 0.05) is 22.3 Å². The fourth-order valence-corrected chi connectivity index (χ4v) is 2.78. The number of benzene rings is 1. The number of hydrogen-bond donors (Lipinski definition) is 1. The van der Waals surface area contributed by atoms with Crippen LogP contribution in [0, 0.1) is 0 Å². The molecule has 2 nitrogen and oxygen atoms in total. The van der Waals surface area contributed by atoms with Crippen LogP contribution >= 0.6 is 27.3 Å².